The van der Waals surface area contributed by atoms with Crippen LogP contribution in [0.1, 0.15) is 12.0 Å². The van der Waals surface area contributed by atoms with E-state index in [9.17, 15) is 23.5 Å². The fourth-order valence-corrected chi connectivity index (χ4v) is 3.11. The zero-order chi connectivity index (χ0) is 19.8. The Balaban J connectivity index is 1.72. The minimum atomic E-state index is -2.33. The summed E-state index contributed by atoms with van der Waals surface area (Å²) in [7, 11) is 0. The molecule has 1 saturated heterocycles. The summed E-state index contributed by atoms with van der Waals surface area (Å²) in [5, 5.41) is 12.7. The second-order valence-corrected chi connectivity index (χ2v) is 6.79. The van der Waals surface area contributed by atoms with Gasteiger partial charge in [-0.05, 0) is 23.8 Å². The maximum atomic E-state index is 13.6. The van der Waals surface area contributed by atoms with Crippen molar-refractivity contribution in [3.63, 3.8) is 0 Å². The molecular formula is C17H13Cl2F2N3O3. The molecule has 0 spiro atoms. The molecular weight excluding hydrogens is 403 g/mol. The fourth-order valence-electron chi connectivity index (χ4n) is 2.76. The minimum Gasteiger partial charge on any atom is -0.372 e. The molecule has 1 aliphatic rings. The van der Waals surface area contributed by atoms with E-state index in [-0.39, 0.29) is 35.4 Å². The van der Waals surface area contributed by atoms with Crippen molar-refractivity contribution in [1.29, 1.82) is 0 Å². The summed E-state index contributed by atoms with van der Waals surface area (Å²) in [6, 6.07) is 4.71. The Morgan fingerprint density at radius 2 is 2.04 bits per heavy atom. The standard InChI is InChI=1S/C17H13Cl2F2N3O3/c18-10-3-9(4-11(20)5-10)7-23-15(25)17(27)1-2-24(16(17)26)12-6-13(21)14(19)22-8-12/h3-6,8,27H,1-2,7H2,(H,23,25)/t17-/m0/s1. The number of aromatic nitrogens is 1. The van der Waals surface area contributed by atoms with Gasteiger partial charge in [0, 0.05) is 30.6 Å². The maximum absolute atomic E-state index is 13.6. The number of nitrogens with one attached hydrogen (secondary N) is 1. The average Bonchev–Trinajstić information content (AvgIpc) is 2.91. The van der Waals surface area contributed by atoms with E-state index in [0.29, 0.717) is 5.56 Å². The normalized spacial score (nSPS) is 19.4. The van der Waals surface area contributed by atoms with Crippen LogP contribution in [0.25, 0.3) is 0 Å². The molecule has 1 aromatic heterocycles. The molecule has 1 fully saturated rings. The lowest BCUT2D eigenvalue weighted by molar-refractivity contribution is -0.149. The lowest BCUT2D eigenvalue weighted by Crippen LogP contribution is -2.52. The number of carbonyl (C=O) groups excluding carboxylic acids is 2. The topological polar surface area (TPSA) is 82.5 Å². The van der Waals surface area contributed by atoms with Crippen molar-refractivity contribution in [3.05, 3.63) is 57.8 Å². The summed E-state index contributed by atoms with van der Waals surface area (Å²) in [4.78, 5) is 29.6. The second kappa shape index (κ2) is 7.38. The largest absolute Gasteiger partial charge is 0.372 e. The number of hydrogen-bond donors (Lipinski definition) is 2. The highest BCUT2D eigenvalue weighted by atomic mass is 35.5. The number of benzene rings is 1. The predicted molar refractivity (Wildman–Crippen MR) is 94.4 cm³/mol. The molecule has 2 N–H and O–H groups in total. The van der Waals surface area contributed by atoms with Crippen molar-refractivity contribution < 1.29 is 23.5 Å². The van der Waals surface area contributed by atoms with Crippen molar-refractivity contribution in [3.8, 4) is 0 Å². The molecule has 142 valence electrons. The van der Waals surface area contributed by atoms with Crippen molar-refractivity contribution in [2.45, 2.75) is 18.6 Å². The van der Waals surface area contributed by atoms with E-state index in [1.165, 1.54) is 18.3 Å². The Morgan fingerprint density at radius 3 is 2.70 bits per heavy atom. The Kier molecular flexibility index (Phi) is 5.32. The Morgan fingerprint density at radius 1 is 1.30 bits per heavy atom. The number of hydrogen-bond acceptors (Lipinski definition) is 4. The number of amides is 2. The van der Waals surface area contributed by atoms with E-state index in [2.05, 4.69) is 10.3 Å². The number of halogens is 4. The van der Waals surface area contributed by atoms with E-state index in [4.69, 9.17) is 23.2 Å². The molecule has 0 bridgehead atoms. The summed E-state index contributed by atoms with van der Waals surface area (Å²) in [5.74, 6) is -3.27. The van der Waals surface area contributed by atoms with Crippen LogP contribution in [0.2, 0.25) is 10.2 Å². The van der Waals surface area contributed by atoms with Crippen LogP contribution in [0.3, 0.4) is 0 Å². The van der Waals surface area contributed by atoms with Gasteiger partial charge in [-0.3, -0.25) is 9.59 Å². The van der Waals surface area contributed by atoms with Gasteiger partial charge in [0.1, 0.15) is 5.82 Å². The third-order valence-electron chi connectivity index (χ3n) is 4.14. The van der Waals surface area contributed by atoms with Gasteiger partial charge in [-0.25, -0.2) is 13.8 Å². The highest BCUT2D eigenvalue weighted by molar-refractivity contribution is 6.30. The molecule has 0 saturated carbocycles. The molecule has 2 amide bonds. The van der Waals surface area contributed by atoms with Gasteiger partial charge in [0.15, 0.2) is 11.0 Å². The SMILES string of the molecule is O=C(NCc1cc(F)cc(Cl)c1)[C@@]1(O)CCN(c2cnc(Cl)c(F)c2)C1=O. The third-order valence-corrected chi connectivity index (χ3v) is 4.64. The number of rotatable bonds is 4. The van der Waals surface area contributed by atoms with Crippen LogP contribution >= 0.6 is 23.2 Å². The van der Waals surface area contributed by atoms with Gasteiger partial charge < -0.3 is 15.3 Å². The van der Waals surface area contributed by atoms with Crippen LogP contribution in [0, 0.1) is 11.6 Å². The van der Waals surface area contributed by atoms with E-state index in [0.717, 1.165) is 17.0 Å². The molecule has 0 radical (unpaired) electrons. The molecule has 2 aromatic rings. The van der Waals surface area contributed by atoms with Crippen molar-refractivity contribution in [2.75, 3.05) is 11.4 Å². The molecule has 0 aliphatic carbocycles. The molecule has 0 unspecified atom stereocenters. The molecule has 6 nitrogen and oxygen atoms in total. The van der Waals surface area contributed by atoms with Gasteiger partial charge in [-0.15, -0.1) is 0 Å². The highest BCUT2D eigenvalue weighted by Gasteiger charge is 2.51. The van der Waals surface area contributed by atoms with Crippen LogP contribution in [0.5, 0.6) is 0 Å². The lowest BCUT2D eigenvalue weighted by Gasteiger charge is -2.21. The molecule has 27 heavy (non-hydrogen) atoms. The number of carbonyl (C=O) groups is 2. The van der Waals surface area contributed by atoms with Gasteiger partial charge in [-0.2, -0.15) is 0 Å². The number of anilines is 1. The predicted octanol–water partition coefficient (Wildman–Crippen LogP) is 2.45. The van der Waals surface area contributed by atoms with Crippen molar-refractivity contribution in [1.82, 2.24) is 10.3 Å². The molecule has 1 atom stereocenters. The molecule has 1 aliphatic heterocycles. The van der Waals surface area contributed by atoms with Crippen molar-refractivity contribution in [2.24, 2.45) is 0 Å². The first-order valence-corrected chi connectivity index (χ1v) is 8.55. The van der Waals surface area contributed by atoms with E-state index in [1.54, 1.807) is 0 Å². The number of pyridine rings is 1. The summed E-state index contributed by atoms with van der Waals surface area (Å²) in [5.41, 5.74) is -1.89. The average molecular weight is 416 g/mol. The van der Waals surface area contributed by atoms with Crippen LogP contribution < -0.4 is 10.2 Å². The summed E-state index contributed by atoms with van der Waals surface area (Å²) >= 11 is 11.3. The van der Waals surface area contributed by atoms with E-state index in [1.807, 2.05) is 0 Å². The maximum Gasteiger partial charge on any atom is 0.268 e. The zero-order valence-corrected chi connectivity index (χ0v) is 15.2. The first-order valence-electron chi connectivity index (χ1n) is 7.79. The number of aliphatic hydroxyl groups is 1. The van der Waals surface area contributed by atoms with E-state index < -0.39 is 29.0 Å². The Hall–Kier alpha value is -2.29. The molecule has 1 aromatic carbocycles. The first kappa shape index (κ1) is 19.5. The lowest BCUT2D eigenvalue weighted by atomic mass is 10.0. The molecule has 3 rings (SSSR count). The fraction of sp³-hybridized carbons (Fsp3) is 0.235. The monoisotopic (exact) mass is 415 g/mol. The van der Waals surface area contributed by atoms with Gasteiger partial charge in [0.05, 0.1) is 11.9 Å². The minimum absolute atomic E-state index is 0.0166. The van der Waals surface area contributed by atoms with Gasteiger partial charge >= 0.3 is 0 Å². The Labute approximate surface area is 162 Å². The zero-order valence-electron chi connectivity index (χ0n) is 13.7. The quantitative estimate of drug-likeness (QED) is 0.593. The second-order valence-electron chi connectivity index (χ2n) is 5.99. The van der Waals surface area contributed by atoms with Gasteiger partial charge in [0.2, 0.25) is 5.60 Å². The molecule has 10 heteroatoms. The number of nitrogens with zero attached hydrogens (tertiary/aromatic N) is 2. The van der Waals surface area contributed by atoms with Crippen molar-refractivity contribution >= 4 is 40.7 Å². The van der Waals surface area contributed by atoms with Crippen LogP contribution in [0.4, 0.5) is 14.5 Å². The third kappa shape index (κ3) is 3.87. The van der Waals surface area contributed by atoms with E-state index >= 15 is 0 Å². The Bertz CT molecular complexity index is 908. The molecule has 2 heterocycles. The van der Waals surface area contributed by atoms with Gasteiger partial charge in [0.25, 0.3) is 11.8 Å². The van der Waals surface area contributed by atoms with Crippen LogP contribution in [0.15, 0.2) is 30.5 Å². The summed E-state index contributed by atoms with van der Waals surface area (Å²) in [6.45, 7) is -0.152. The van der Waals surface area contributed by atoms with Crippen LogP contribution in [-0.4, -0.2) is 34.1 Å². The highest BCUT2D eigenvalue weighted by Crippen LogP contribution is 2.29. The smallest absolute Gasteiger partial charge is 0.268 e. The van der Waals surface area contributed by atoms with Gasteiger partial charge in [-0.1, -0.05) is 23.2 Å². The van der Waals surface area contributed by atoms with Crippen LogP contribution in [-0.2, 0) is 16.1 Å². The first-order chi connectivity index (χ1) is 12.7. The summed E-state index contributed by atoms with van der Waals surface area (Å²) in [6.07, 6.45) is 0.966. The summed E-state index contributed by atoms with van der Waals surface area (Å²) < 4.78 is 26.9.